The van der Waals surface area contributed by atoms with Crippen molar-refractivity contribution < 1.29 is 14.6 Å². The van der Waals surface area contributed by atoms with E-state index in [1.54, 1.807) is 42.6 Å². The second kappa shape index (κ2) is 8.57. The first-order valence-corrected chi connectivity index (χ1v) is 9.81. The van der Waals surface area contributed by atoms with Crippen molar-refractivity contribution >= 4 is 39.0 Å². The minimum atomic E-state index is -1.04. The normalized spacial score (nSPS) is 12.6. The lowest BCUT2D eigenvalue weighted by Crippen LogP contribution is -2.23. The lowest BCUT2D eigenvalue weighted by Gasteiger charge is -2.12. The van der Waals surface area contributed by atoms with Crippen LogP contribution in [-0.2, 0) is 4.79 Å². The molecule has 0 saturated carbocycles. The average Bonchev–Trinajstić information content (AvgIpc) is 2.68. The third-order valence-electron chi connectivity index (χ3n) is 4.21. The highest BCUT2D eigenvalue weighted by atomic mass is 79.9. The molecule has 150 valence electrons. The highest BCUT2D eigenvalue weighted by molar-refractivity contribution is 9.10. The molecule has 0 aliphatic carbocycles. The minimum absolute atomic E-state index is 0.00109. The SMILES string of the molecule is CC(C)c1nc2ccc(Br)cc2c(=O)n1N=Cc1ccc(O[C@H](C)C(=O)O)cc1. The third-order valence-corrected chi connectivity index (χ3v) is 4.71. The number of carboxylic acids is 1. The summed E-state index contributed by atoms with van der Waals surface area (Å²) in [5.74, 6) is -0.0292. The van der Waals surface area contributed by atoms with Crippen molar-refractivity contribution in [1.82, 2.24) is 9.66 Å². The molecule has 0 bridgehead atoms. The third kappa shape index (κ3) is 4.71. The standard InChI is InChI=1S/C21H20BrN3O4/c1-12(2)19-24-18-9-6-15(22)10-17(18)20(26)25(19)23-11-14-4-7-16(8-5-14)29-13(3)21(27)28/h4-13H,1-3H3,(H,27,28)/t13-/m1/s1. The molecule has 0 spiro atoms. The van der Waals surface area contributed by atoms with E-state index in [0.717, 1.165) is 10.0 Å². The van der Waals surface area contributed by atoms with E-state index in [9.17, 15) is 9.59 Å². The average molecular weight is 458 g/mol. The summed E-state index contributed by atoms with van der Waals surface area (Å²) in [5, 5.41) is 13.8. The Morgan fingerprint density at radius 1 is 1.21 bits per heavy atom. The number of carbonyl (C=O) groups is 1. The minimum Gasteiger partial charge on any atom is -0.479 e. The van der Waals surface area contributed by atoms with E-state index in [2.05, 4.69) is 26.0 Å². The first-order chi connectivity index (χ1) is 13.8. The Kier molecular flexibility index (Phi) is 6.12. The zero-order chi connectivity index (χ0) is 21.1. The second-order valence-electron chi connectivity index (χ2n) is 6.82. The number of hydrogen-bond donors (Lipinski definition) is 1. The van der Waals surface area contributed by atoms with Gasteiger partial charge in [0.05, 0.1) is 17.1 Å². The molecule has 1 N–H and O–H groups in total. The van der Waals surface area contributed by atoms with E-state index in [1.165, 1.54) is 11.6 Å². The summed E-state index contributed by atoms with van der Waals surface area (Å²) in [6, 6.07) is 12.2. The molecule has 0 fully saturated rings. The summed E-state index contributed by atoms with van der Waals surface area (Å²) in [5.41, 5.74) is 1.12. The first kappa shape index (κ1) is 20.7. The number of halogens is 1. The van der Waals surface area contributed by atoms with Crippen LogP contribution < -0.4 is 10.3 Å². The van der Waals surface area contributed by atoms with Gasteiger partial charge in [-0.1, -0.05) is 29.8 Å². The highest BCUT2D eigenvalue weighted by Gasteiger charge is 2.14. The van der Waals surface area contributed by atoms with E-state index in [0.29, 0.717) is 22.5 Å². The van der Waals surface area contributed by atoms with Crippen LogP contribution in [0.25, 0.3) is 10.9 Å². The number of nitrogens with zero attached hydrogens (tertiary/aromatic N) is 3. The van der Waals surface area contributed by atoms with Gasteiger partial charge in [0.25, 0.3) is 5.56 Å². The molecule has 1 heterocycles. The quantitative estimate of drug-likeness (QED) is 0.564. The van der Waals surface area contributed by atoms with Crippen molar-refractivity contribution in [3.63, 3.8) is 0 Å². The first-order valence-electron chi connectivity index (χ1n) is 9.02. The Balaban J connectivity index is 1.95. The van der Waals surface area contributed by atoms with Crippen LogP contribution in [0.1, 0.15) is 38.1 Å². The Bertz CT molecular complexity index is 1140. The van der Waals surface area contributed by atoms with E-state index in [1.807, 2.05) is 19.9 Å². The van der Waals surface area contributed by atoms with Crippen molar-refractivity contribution in [2.75, 3.05) is 0 Å². The van der Waals surface area contributed by atoms with Crippen LogP contribution in [0.4, 0.5) is 0 Å². The van der Waals surface area contributed by atoms with Gasteiger partial charge in [-0.25, -0.2) is 9.78 Å². The highest BCUT2D eigenvalue weighted by Crippen LogP contribution is 2.19. The van der Waals surface area contributed by atoms with E-state index in [4.69, 9.17) is 9.84 Å². The molecule has 1 atom stereocenters. The molecule has 3 rings (SSSR count). The van der Waals surface area contributed by atoms with Crippen LogP contribution in [0, 0.1) is 0 Å². The van der Waals surface area contributed by atoms with E-state index in [-0.39, 0.29) is 11.5 Å². The van der Waals surface area contributed by atoms with Crippen LogP contribution in [0.3, 0.4) is 0 Å². The lowest BCUT2D eigenvalue weighted by molar-refractivity contribution is -0.144. The summed E-state index contributed by atoms with van der Waals surface area (Å²) >= 11 is 3.38. The molecule has 3 aromatic rings. The molecule has 0 amide bonds. The second-order valence-corrected chi connectivity index (χ2v) is 7.73. The molecule has 8 heteroatoms. The summed E-state index contributed by atoms with van der Waals surface area (Å²) in [7, 11) is 0. The van der Waals surface area contributed by atoms with E-state index >= 15 is 0 Å². The van der Waals surface area contributed by atoms with Gasteiger partial charge in [0.1, 0.15) is 11.6 Å². The topological polar surface area (TPSA) is 93.8 Å². The van der Waals surface area contributed by atoms with Crippen LogP contribution in [0.5, 0.6) is 5.75 Å². The molecule has 7 nitrogen and oxygen atoms in total. The van der Waals surface area contributed by atoms with Gasteiger partial charge >= 0.3 is 5.97 Å². The predicted molar refractivity (Wildman–Crippen MR) is 115 cm³/mol. The smallest absolute Gasteiger partial charge is 0.344 e. The molecular weight excluding hydrogens is 438 g/mol. The maximum atomic E-state index is 13.0. The van der Waals surface area contributed by atoms with Crippen molar-refractivity contribution in [3.8, 4) is 5.75 Å². The summed E-state index contributed by atoms with van der Waals surface area (Å²) in [4.78, 5) is 28.5. The maximum absolute atomic E-state index is 13.0. The van der Waals surface area contributed by atoms with Crippen LogP contribution in [-0.4, -0.2) is 33.1 Å². The van der Waals surface area contributed by atoms with Gasteiger partial charge in [0.15, 0.2) is 6.10 Å². The van der Waals surface area contributed by atoms with Crippen LogP contribution >= 0.6 is 15.9 Å². The zero-order valence-electron chi connectivity index (χ0n) is 16.2. The molecule has 0 radical (unpaired) electrons. The van der Waals surface area contributed by atoms with Gasteiger partial charge in [0, 0.05) is 10.4 Å². The van der Waals surface area contributed by atoms with Gasteiger partial charge in [0.2, 0.25) is 0 Å². The molecule has 0 saturated heterocycles. The summed E-state index contributed by atoms with van der Waals surface area (Å²) in [6.45, 7) is 5.37. The zero-order valence-corrected chi connectivity index (χ0v) is 17.8. The summed E-state index contributed by atoms with van der Waals surface area (Å²) < 4.78 is 7.42. The number of rotatable bonds is 6. The Morgan fingerprint density at radius 2 is 1.90 bits per heavy atom. The fourth-order valence-electron chi connectivity index (χ4n) is 2.66. The van der Waals surface area contributed by atoms with Crippen LogP contribution in [0.2, 0.25) is 0 Å². The molecular formula is C21H20BrN3O4. The number of aliphatic carboxylic acids is 1. The molecule has 0 aliphatic rings. The van der Waals surface area contributed by atoms with Gasteiger partial charge in [-0.15, -0.1) is 0 Å². The van der Waals surface area contributed by atoms with Crippen molar-refractivity contribution in [2.45, 2.75) is 32.8 Å². The number of ether oxygens (including phenoxy) is 1. The van der Waals surface area contributed by atoms with Crippen molar-refractivity contribution in [2.24, 2.45) is 5.10 Å². The van der Waals surface area contributed by atoms with Gasteiger partial charge in [-0.3, -0.25) is 4.79 Å². The largest absolute Gasteiger partial charge is 0.479 e. The van der Waals surface area contributed by atoms with Crippen molar-refractivity contribution in [3.05, 3.63) is 68.7 Å². The number of carboxylic acid groups (broad SMARTS) is 1. The molecule has 0 aliphatic heterocycles. The number of aromatic nitrogens is 2. The predicted octanol–water partition coefficient (Wildman–Crippen LogP) is 4.02. The van der Waals surface area contributed by atoms with Gasteiger partial charge < -0.3 is 9.84 Å². The Hall–Kier alpha value is -3.00. The Morgan fingerprint density at radius 3 is 2.52 bits per heavy atom. The molecule has 1 aromatic heterocycles. The Labute approximate surface area is 175 Å². The molecule has 2 aromatic carbocycles. The van der Waals surface area contributed by atoms with Gasteiger partial charge in [-0.2, -0.15) is 9.78 Å². The monoisotopic (exact) mass is 457 g/mol. The van der Waals surface area contributed by atoms with Gasteiger partial charge in [-0.05, 0) is 55.0 Å². The molecule has 29 heavy (non-hydrogen) atoms. The summed E-state index contributed by atoms with van der Waals surface area (Å²) in [6.07, 6.45) is 0.619. The maximum Gasteiger partial charge on any atom is 0.344 e. The number of benzene rings is 2. The van der Waals surface area contributed by atoms with E-state index < -0.39 is 12.1 Å². The fourth-order valence-corrected chi connectivity index (χ4v) is 3.02. The van der Waals surface area contributed by atoms with Crippen LogP contribution in [0.15, 0.2) is 56.8 Å². The fraction of sp³-hybridized carbons (Fsp3) is 0.238. The molecule has 0 unspecified atom stereocenters. The van der Waals surface area contributed by atoms with Crippen molar-refractivity contribution in [1.29, 1.82) is 0 Å². The number of hydrogen-bond acceptors (Lipinski definition) is 5. The lowest BCUT2D eigenvalue weighted by atomic mass is 10.2. The number of fused-ring (bicyclic) bond motifs is 1.